The van der Waals surface area contributed by atoms with Gasteiger partial charge in [0.15, 0.2) is 0 Å². The van der Waals surface area contributed by atoms with E-state index < -0.39 is 6.10 Å². The van der Waals surface area contributed by atoms with Crippen molar-refractivity contribution in [2.45, 2.75) is 12.6 Å². The zero-order valence-corrected chi connectivity index (χ0v) is 12.2. The van der Waals surface area contributed by atoms with Crippen LogP contribution in [0, 0.1) is 0 Å². The Morgan fingerprint density at radius 1 is 1.50 bits per heavy atom. The minimum absolute atomic E-state index is 0.0151. The van der Waals surface area contributed by atoms with Crippen molar-refractivity contribution in [3.8, 4) is 0 Å². The third-order valence-electron chi connectivity index (χ3n) is 3.44. The number of rotatable bonds is 3. The van der Waals surface area contributed by atoms with Gasteiger partial charge in [0.05, 0.1) is 6.61 Å². The Bertz CT molecular complexity index is 539. The Balaban J connectivity index is 2.00. The van der Waals surface area contributed by atoms with Crippen molar-refractivity contribution in [2.24, 2.45) is 7.05 Å². The van der Waals surface area contributed by atoms with E-state index in [1.807, 2.05) is 6.07 Å². The number of hydrogen-bond acceptors (Lipinski definition) is 4. The molecular formula is C14H21N3O3. The number of carbonyl (C=O) groups excluding carboxylic acids is 1. The van der Waals surface area contributed by atoms with Gasteiger partial charge in [-0.3, -0.25) is 14.5 Å². The zero-order chi connectivity index (χ0) is 14.7. The summed E-state index contributed by atoms with van der Waals surface area (Å²) in [6.45, 7) is 2.53. The van der Waals surface area contributed by atoms with Gasteiger partial charge in [-0.1, -0.05) is 0 Å². The Hall–Kier alpha value is -1.66. The van der Waals surface area contributed by atoms with Crippen LogP contribution < -0.4 is 5.56 Å². The van der Waals surface area contributed by atoms with Crippen molar-refractivity contribution in [2.75, 3.05) is 33.8 Å². The number of morpholine rings is 1. The summed E-state index contributed by atoms with van der Waals surface area (Å²) in [7, 11) is 5.18. The molecule has 0 bridgehead atoms. The molecule has 0 aromatic carbocycles. The van der Waals surface area contributed by atoms with Crippen LogP contribution in [0.1, 0.15) is 5.56 Å². The maximum Gasteiger partial charge on any atom is 0.252 e. The SMILES string of the molecule is CN(C)C(=O)C1CN(Cc2ccn(C)c(=O)c2)CCO1. The lowest BCUT2D eigenvalue weighted by atomic mass is 10.2. The van der Waals surface area contributed by atoms with Gasteiger partial charge in [-0.25, -0.2) is 0 Å². The number of likely N-dealkylation sites (N-methyl/N-ethyl adjacent to an activating group) is 1. The van der Waals surface area contributed by atoms with Crippen molar-refractivity contribution in [1.29, 1.82) is 0 Å². The summed E-state index contributed by atoms with van der Waals surface area (Å²) >= 11 is 0. The monoisotopic (exact) mass is 279 g/mol. The Kier molecular flexibility index (Phi) is 4.57. The van der Waals surface area contributed by atoms with Gasteiger partial charge in [0.2, 0.25) is 0 Å². The van der Waals surface area contributed by atoms with Crippen LogP contribution in [-0.2, 0) is 23.1 Å². The fourth-order valence-corrected chi connectivity index (χ4v) is 2.23. The van der Waals surface area contributed by atoms with E-state index in [2.05, 4.69) is 4.90 Å². The number of aryl methyl sites for hydroxylation is 1. The van der Waals surface area contributed by atoms with Gasteiger partial charge >= 0.3 is 0 Å². The van der Waals surface area contributed by atoms with Crippen molar-refractivity contribution in [1.82, 2.24) is 14.4 Å². The van der Waals surface area contributed by atoms with Gasteiger partial charge in [0, 0.05) is 53.0 Å². The van der Waals surface area contributed by atoms with E-state index in [-0.39, 0.29) is 11.5 Å². The molecule has 1 amide bonds. The summed E-state index contributed by atoms with van der Waals surface area (Å²) in [6, 6.07) is 3.57. The fourth-order valence-electron chi connectivity index (χ4n) is 2.23. The van der Waals surface area contributed by atoms with Crippen LogP contribution in [-0.4, -0.2) is 60.2 Å². The molecule has 2 rings (SSSR count). The molecule has 0 radical (unpaired) electrons. The summed E-state index contributed by atoms with van der Waals surface area (Å²) in [5.41, 5.74) is 0.947. The van der Waals surface area contributed by atoms with Crippen LogP contribution >= 0.6 is 0 Å². The van der Waals surface area contributed by atoms with Crippen LogP contribution in [0.5, 0.6) is 0 Å². The molecule has 1 fully saturated rings. The van der Waals surface area contributed by atoms with Crippen LogP contribution in [0.25, 0.3) is 0 Å². The largest absolute Gasteiger partial charge is 0.366 e. The van der Waals surface area contributed by atoms with Gasteiger partial charge in [-0.15, -0.1) is 0 Å². The van der Waals surface area contributed by atoms with Gasteiger partial charge in [-0.05, 0) is 11.6 Å². The maximum absolute atomic E-state index is 11.9. The van der Waals surface area contributed by atoms with Crippen LogP contribution in [0.4, 0.5) is 0 Å². The highest BCUT2D eigenvalue weighted by Gasteiger charge is 2.27. The third-order valence-corrected chi connectivity index (χ3v) is 3.44. The molecule has 0 N–H and O–H groups in total. The topological polar surface area (TPSA) is 54.8 Å². The van der Waals surface area contributed by atoms with E-state index >= 15 is 0 Å². The summed E-state index contributed by atoms with van der Waals surface area (Å²) in [5.74, 6) is -0.0151. The van der Waals surface area contributed by atoms with Gasteiger partial charge in [0.1, 0.15) is 6.10 Å². The first-order valence-electron chi connectivity index (χ1n) is 6.68. The number of ether oxygens (including phenoxy) is 1. The van der Waals surface area contributed by atoms with Crippen LogP contribution in [0.2, 0.25) is 0 Å². The minimum atomic E-state index is -0.412. The van der Waals surface area contributed by atoms with Gasteiger partial charge < -0.3 is 14.2 Å². The molecule has 1 atom stereocenters. The maximum atomic E-state index is 11.9. The average Bonchev–Trinajstić information content (AvgIpc) is 2.42. The minimum Gasteiger partial charge on any atom is -0.366 e. The number of nitrogens with zero attached hydrogens (tertiary/aromatic N) is 3. The lowest BCUT2D eigenvalue weighted by molar-refractivity contribution is -0.147. The van der Waals surface area contributed by atoms with Crippen molar-refractivity contribution in [3.63, 3.8) is 0 Å². The first-order chi connectivity index (χ1) is 9.47. The molecular weight excluding hydrogens is 258 g/mol. The smallest absolute Gasteiger partial charge is 0.252 e. The summed E-state index contributed by atoms with van der Waals surface area (Å²) in [4.78, 5) is 27.2. The highest BCUT2D eigenvalue weighted by Crippen LogP contribution is 2.10. The van der Waals surface area contributed by atoms with E-state index in [1.165, 1.54) is 0 Å². The Morgan fingerprint density at radius 3 is 2.90 bits per heavy atom. The molecule has 1 aliphatic rings. The van der Waals surface area contributed by atoms with E-state index in [1.54, 1.807) is 42.9 Å². The van der Waals surface area contributed by atoms with Crippen LogP contribution in [0.15, 0.2) is 23.1 Å². The van der Waals surface area contributed by atoms with E-state index in [9.17, 15) is 9.59 Å². The van der Waals surface area contributed by atoms with Gasteiger partial charge in [-0.2, -0.15) is 0 Å². The lowest BCUT2D eigenvalue weighted by Gasteiger charge is -2.33. The molecule has 20 heavy (non-hydrogen) atoms. The molecule has 1 unspecified atom stereocenters. The molecule has 6 heteroatoms. The molecule has 1 aromatic rings. The summed E-state index contributed by atoms with van der Waals surface area (Å²) in [6.07, 6.45) is 1.35. The molecule has 6 nitrogen and oxygen atoms in total. The van der Waals surface area contributed by atoms with Crippen molar-refractivity contribution < 1.29 is 9.53 Å². The summed E-state index contributed by atoms with van der Waals surface area (Å²) in [5, 5.41) is 0. The molecule has 1 aromatic heterocycles. The quantitative estimate of drug-likeness (QED) is 0.760. The fraction of sp³-hybridized carbons (Fsp3) is 0.571. The number of carbonyl (C=O) groups is 1. The van der Waals surface area contributed by atoms with E-state index in [4.69, 9.17) is 4.74 Å². The molecule has 0 saturated carbocycles. The second-order valence-electron chi connectivity index (χ2n) is 5.31. The van der Waals surface area contributed by atoms with Crippen molar-refractivity contribution >= 4 is 5.91 Å². The van der Waals surface area contributed by atoms with E-state index in [0.29, 0.717) is 19.7 Å². The third kappa shape index (κ3) is 3.46. The highest BCUT2D eigenvalue weighted by atomic mass is 16.5. The van der Waals surface area contributed by atoms with Crippen molar-refractivity contribution in [3.05, 3.63) is 34.2 Å². The highest BCUT2D eigenvalue weighted by molar-refractivity contribution is 5.80. The molecule has 0 spiro atoms. The molecule has 2 heterocycles. The molecule has 0 aliphatic carbocycles. The van der Waals surface area contributed by atoms with E-state index in [0.717, 1.165) is 12.1 Å². The predicted octanol–water partition coefficient (Wildman–Crippen LogP) is -0.326. The number of aromatic nitrogens is 1. The first kappa shape index (κ1) is 14.7. The number of pyridine rings is 1. The molecule has 110 valence electrons. The first-order valence-corrected chi connectivity index (χ1v) is 6.68. The second kappa shape index (κ2) is 6.19. The Morgan fingerprint density at radius 2 is 2.25 bits per heavy atom. The lowest BCUT2D eigenvalue weighted by Crippen LogP contribution is -2.49. The average molecular weight is 279 g/mol. The molecule has 1 aliphatic heterocycles. The zero-order valence-electron chi connectivity index (χ0n) is 12.2. The normalized spacial score (nSPS) is 19.9. The van der Waals surface area contributed by atoms with Crippen LogP contribution in [0.3, 0.4) is 0 Å². The number of amides is 1. The second-order valence-corrected chi connectivity index (χ2v) is 5.31. The number of hydrogen-bond donors (Lipinski definition) is 0. The standard InChI is InChI=1S/C14H21N3O3/c1-15(2)14(19)12-10-17(6-7-20-12)9-11-4-5-16(3)13(18)8-11/h4-5,8,12H,6-7,9-10H2,1-3H3. The summed E-state index contributed by atoms with van der Waals surface area (Å²) < 4.78 is 7.06. The van der Waals surface area contributed by atoms with Gasteiger partial charge in [0.25, 0.3) is 11.5 Å². The molecule has 1 saturated heterocycles. The predicted molar refractivity (Wildman–Crippen MR) is 75.4 cm³/mol. The Labute approximate surface area is 118 Å².